The summed E-state index contributed by atoms with van der Waals surface area (Å²) in [6, 6.07) is 12.5. The van der Waals surface area contributed by atoms with E-state index in [9.17, 15) is 5.02 Å². The number of rotatable bonds is 1. The molecule has 0 atom stereocenters. The van der Waals surface area contributed by atoms with Gasteiger partial charge in [0.15, 0.2) is 5.82 Å². The highest BCUT2D eigenvalue weighted by molar-refractivity contribution is 6.67. The van der Waals surface area contributed by atoms with Crippen LogP contribution in [0.4, 0.5) is 5.82 Å². The van der Waals surface area contributed by atoms with Crippen molar-refractivity contribution < 1.29 is 5.02 Å². The van der Waals surface area contributed by atoms with Crippen molar-refractivity contribution >= 4 is 29.0 Å². The second kappa shape index (κ2) is 5.35. The molecular weight excluding hydrogens is 285 g/mol. The van der Waals surface area contributed by atoms with Crippen molar-refractivity contribution in [2.24, 2.45) is 0 Å². The Morgan fingerprint density at radius 3 is 2.70 bits per heavy atom. The average molecular weight is 303 g/mol. The van der Waals surface area contributed by atoms with Crippen molar-refractivity contribution in [2.75, 3.05) is 5.73 Å². The van der Waals surface area contributed by atoms with Crippen LogP contribution in [0.1, 0.15) is 17.7 Å². The van der Waals surface area contributed by atoms with E-state index >= 15 is 0 Å². The summed E-state index contributed by atoms with van der Waals surface area (Å²) in [5, 5.41) is 20.3. The van der Waals surface area contributed by atoms with Gasteiger partial charge in [0.25, 0.3) is 0 Å². The Hall–Kier alpha value is -2.40. The maximum absolute atomic E-state index is 10.3. The van der Waals surface area contributed by atoms with Gasteiger partial charge in [0, 0.05) is 10.8 Å². The van der Waals surface area contributed by atoms with E-state index in [0.717, 1.165) is 52.2 Å². The van der Waals surface area contributed by atoms with E-state index in [1.54, 1.807) is 0 Å². The van der Waals surface area contributed by atoms with E-state index in [2.05, 4.69) is 40.5 Å². The summed E-state index contributed by atoms with van der Waals surface area (Å²) in [5.74, 6) is 0.456. The molecule has 0 aliphatic carbocycles. The molecule has 23 heavy (non-hydrogen) atoms. The fourth-order valence-corrected chi connectivity index (χ4v) is 3.44. The molecule has 114 valence electrons. The number of benzene rings is 2. The first-order valence-corrected chi connectivity index (χ1v) is 7.97. The van der Waals surface area contributed by atoms with Crippen LogP contribution in [0.25, 0.3) is 21.9 Å². The fraction of sp³-hybridized carbons (Fsp3) is 0.222. The van der Waals surface area contributed by atoms with Crippen molar-refractivity contribution in [3.05, 3.63) is 47.7 Å². The van der Waals surface area contributed by atoms with E-state index in [1.165, 1.54) is 5.56 Å². The van der Waals surface area contributed by atoms with Gasteiger partial charge in [-0.1, -0.05) is 36.2 Å². The number of hydrogen-bond donors (Lipinski definition) is 2. The minimum absolute atomic E-state index is 0.345. The second-order valence-electron chi connectivity index (χ2n) is 6.25. The van der Waals surface area contributed by atoms with E-state index < -0.39 is 0 Å². The van der Waals surface area contributed by atoms with Crippen LogP contribution >= 0.6 is 0 Å². The van der Waals surface area contributed by atoms with Crippen molar-refractivity contribution in [3.8, 4) is 11.1 Å². The number of aryl methyl sites for hydroxylation is 2. The Morgan fingerprint density at radius 2 is 1.83 bits per heavy atom. The first-order valence-electron chi connectivity index (χ1n) is 7.97. The third-order valence-electron chi connectivity index (χ3n) is 4.75. The number of aromatic nitrogens is 2. The zero-order chi connectivity index (χ0) is 16.0. The lowest BCUT2D eigenvalue weighted by Gasteiger charge is -2.19. The predicted molar refractivity (Wildman–Crippen MR) is 94.9 cm³/mol. The van der Waals surface area contributed by atoms with Crippen LogP contribution in [-0.2, 0) is 6.42 Å². The number of nitrogen functional groups attached to an aromatic ring is 1. The normalized spacial score (nSPS) is 14.1. The Balaban J connectivity index is 1.86. The number of nitrogens with zero attached hydrogens (tertiary/aromatic N) is 2. The zero-order valence-electron chi connectivity index (χ0n) is 13.1. The highest BCUT2D eigenvalue weighted by Gasteiger charge is 2.22. The Kier molecular flexibility index (Phi) is 3.31. The number of nitrogens with two attached hydrogens (primary N) is 1. The maximum atomic E-state index is 10.3. The van der Waals surface area contributed by atoms with Crippen molar-refractivity contribution in [3.63, 3.8) is 0 Å². The summed E-state index contributed by atoms with van der Waals surface area (Å²) in [6.07, 6.45) is 2.95. The van der Waals surface area contributed by atoms with Crippen LogP contribution in [0.5, 0.6) is 0 Å². The van der Waals surface area contributed by atoms with Crippen LogP contribution in [0.2, 0.25) is 6.32 Å². The quantitative estimate of drug-likeness (QED) is 0.677. The van der Waals surface area contributed by atoms with Crippen LogP contribution < -0.4 is 11.2 Å². The Labute approximate surface area is 135 Å². The molecule has 3 aromatic rings. The molecule has 0 amide bonds. The van der Waals surface area contributed by atoms with Crippen LogP contribution in [0, 0.1) is 6.92 Å². The molecule has 0 radical (unpaired) electrons. The minimum atomic E-state index is -0.345. The lowest BCUT2D eigenvalue weighted by atomic mass is 9.53. The van der Waals surface area contributed by atoms with Gasteiger partial charge in [0.1, 0.15) is 0 Å². The van der Waals surface area contributed by atoms with Gasteiger partial charge in [0.2, 0.25) is 0 Å². The molecule has 0 saturated carbocycles. The summed E-state index contributed by atoms with van der Waals surface area (Å²) in [7, 11) is 0. The zero-order valence-corrected chi connectivity index (χ0v) is 13.1. The first-order chi connectivity index (χ1) is 11.1. The van der Waals surface area contributed by atoms with Gasteiger partial charge < -0.3 is 10.8 Å². The monoisotopic (exact) mass is 303 g/mol. The SMILES string of the molecule is Cc1nnc(N)c2ccc(-c3ccc4c(c3)B(O)CCC4)cc12. The molecule has 0 saturated heterocycles. The third-order valence-corrected chi connectivity index (χ3v) is 4.75. The lowest BCUT2D eigenvalue weighted by molar-refractivity contribution is 0.574. The molecule has 1 aliphatic heterocycles. The Bertz CT molecular complexity index is 910. The number of anilines is 1. The standard InChI is InChI=1S/C18H18BN3O/c1-11-16-9-13(6-7-15(16)18(20)22-21-11)14-5-4-12-3-2-8-19(23)17(12)10-14/h4-7,9-10,23H,2-3,8H2,1H3,(H2,20,22). The van der Waals surface area contributed by atoms with Gasteiger partial charge in [-0.15, -0.1) is 5.10 Å². The van der Waals surface area contributed by atoms with Gasteiger partial charge in [-0.05, 0) is 48.4 Å². The van der Waals surface area contributed by atoms with Crippen LogP contribution in [0.3, 0.4) is 0 Å². The largest absolute Gasteiger partial charge is 0.446 e. The summed E-state index contributed by atoms with van der Waals surface area (Å²) in [6.45, 7) is 1.59. The molecule has 3 N–H and O–H groups in total. The first kappa shape index (κ1) is 14.2. The maximum Gasteiger partial charge on any atom is 0.323 e. The molecule has 0 fully saturated rings. The summed E-state index contributed by atoms with van der Waals surface area (Å²) < 4.78 is 0. The van der Waals surface area contributed by atoms with Gasteiger partial charge in [0.05, 0.1) is 5.69 Å². The molecule has 5 heteroatoms. The fourth-order valence-electron chi connectivity index (χ4n) is 3.44. The summed E-state index contributed by atoms with van der Waals surface area (Å²) in [4.78, 5) is 0. The average Bonchev–Trinajstić information content (AvgIpc) is 2.58. The smallest absolute Gasteiger partial charge is 0.323 e. The summed E-state index contributed by atoms with van der Waals surface area (Å²) >= 11 is 0. The van der Waals surface area contributed by atoms with Crippen LogP contribution in [-0.4, -0.2) is 22.1 Å². The highest BCUT2D eigenvalue weighted by Crippen LogP contribution is 2.28. The molecule has 0 bridgehead atoms. The number of fused-ring (bicyclic) bond motifs is 2. The molecule has 4 rings (SSSR count). The molecule has 1 aromatic heterocycles. The molecule has 0 spiro atoms. The Morgan fingerprint density at radius 1 is 1.04 bits per heavy atom. The van der Waals surface area contributed by atoms with Crippen LogP contribution in [0.15, 0.2) is 36.4 Å². The van der Waals surface area contributed by atoms with E-state index in [0.29, 0.717) is 5.82 Å². The van der Waals surface area contributed by atoms with Crippen molar-refractivity contribution in [1.82, 2.24) is 10.2 Å². The van der Waals surface area contributed by atoms with Gasteiger partial charge in [-0.2, -0.15) is 5.10 Å². The molecule has 2 aromatic carbocycles. The van der Waals surface area contributed by atoms with E-state index in [-0.39, 0.29) is 6.92 Å². The van der Waals surface area contributed by atoms with Gasteiger partial charge >= 0.3 is 6.92 Å². The van der Waals surface area contributed by atoms with Crippen molar-refractivity contribution in [1.29, 1.82) is 0 Å². The minimum Gasteiger partial charge on any atom is -0.446 e. The highest BCUT2D eigenvalue weighted by atomic mass is 16.2. The molecule has 1 aliphatic rings. The third kappa shape index (κ3) is 2.37. The lowest BCUT2D eigenvalue weighted by Crippen LogP contribution is -2.36. The van der Waals surface area contributed by atoms with E-state index in [1.807, 2.05) is 13.0 Å². The van der Waals surface area contributed by atoms with Gasteiger partial charge in [-0.3, -0.25) is 0 Å². The molecule has 2 heterocycles. The van der Waals surface area contributed by atoms with Gasteiger partial charge in [-0.25, -0.2) is 0 Å². The molecule has 4 nitrogen and oxygen atoms in total. The van der Waals surface area contributed by atoms with Crippen molar-refractivity contribution in [2.45, 2.75) is 26.1 Å². The van der Waals surface area contributed by atoms with E-state index in [4.69, 9.17) is 5.73 Å². The molecular formula is C18H18BN3O. The summed E-state index contributed by atoms with van der Waals surface area (Å²) in [5.41, 5.74) is 11.3. The molecule has 0 unspecified atom stereocenters. The second-order valence-corrected chi connectivity index (χ2v) is 6.25. The number of hydrogen-bond acceptors (Lipinski definition) is 4. The topological polar surface area (TPSA) is 72.0 Å². The predicted octanol–water partition coefficient (Wildman–Crippen LogP) is 2.32.